The van der Waals surface area contributed by atoms with Gasteiger partial charge in [0.1, 0.15) is 0 Å². The predicted octanol–water partition coefficient (Wildman–Crippen LogP) is 1.83. The van der Waals surface area contributed by atoms with Crippen LogP contribution in [0.5, 0.6) is 0 Å². The Kier molecular flexibility index (Phi) is 8.03. The van der Waals surface area contributed by atoms with Crippen molar-refractivity contribution in [3.63, 3.8) is 0 Å². The lowest BCUT2D eigenvalue weighted by atomic mass is 10.1. The van der Waals surface area contributed by atoms with E-state index in [0.29, 0.717) is 13.1 Å². The number of rotatable bonds is 9. The van der Waals surface area contributed by atoms with E-state index >= 15 is 0 Å². The number of carbonyl (C=O) groups excluding carboxylic acids is 1. The molecule has 3 rings (SSSR count). The summed E-state index contributed by atoms with van der Waals surface area (Å²) in [7, 11) is 0. The van der Waals surface area contributed by atoms with Crippen molar-refractivity contribution in [3.05, 3.63) is 71.8 Å². The highest BCUT2D eigenvalue weighted by atomic mass is 16.2. The minimum Gasteiger partial charge on any atom is -0.339 e. The maximum atomic E-state index is 12.8. The molecule has 0 spiro atoms. The molecule has 1 heterocycles. The molecule has 0 aromatic heterocycles. The molecule has 0 atom stereocenters. The number of hydrogen-bond donors (Lipinski definition) is 1. The Labute approximate surface area is 168 Å². The maximum Gasteiger partial charge on any atom is 0.236 e. The summed E-state index contributed by atoms with van der Waals surface area (Å²) < 4.78 is 0. The fraction of sp³-hybridized carbons (Fsp3) is 0.435. The van der Waals surface area contributed by atoms with Crippen molar-refractivity contribution >= 4 is 5.91 Å². The van der Waals surface area contributed by atoms with Crippen LogP contribution in [0, 0.1) is 0 Å². The van der Waals surface area contributed by atoms with Gasteiger partial charge < -0.3 is 10.6 Å². The van der Waals surface area contributed by atoms with E-state index in [1.54, 1.807) is 0 Å². The van der Waals surface area contributed by atoms with Crippen LogP contribution in [-0.4, -0.2) is 73.0 Å². The summed E-state index contributed by atoms with van der Waals surface area (Å²) >= 11 is 0. The van der Waals surface area contributed by atoms with Crippen LogP contribution in [0.4, 0.5) is 0 Å². The third-order valence-electron chi connectivity index (χ3n) is 5.34. The third-order valence-corrected chi connectivity index (χ3v) is 5.34. The Morgan fingerprint density at radius 3 is 2.07 bits per heavy atom. The Hall–Kier alpha value is -2.21. The standard InChI is InChI=1S/C23H32N4O/c24-12-14-25(13-11-21-7-3-1-4-8-21)20-23(28)27-17-15-26(16-18-27)19-22-9-5-2-6-10-22/h1-10H,11-20,24H2. The van der Waals surface area contributed by atoms with E-state index in [-0.39, 0.29) is 5.91 Å². The first-order chi connectivity index (χ1) is 13.7. The molecular formula is C23H32N4O. The number of hydrogen-bond acceptors (Lipinski definition) is 4. The zero-order valence-electron chi connectivity index (χ0n) is 16.7. The average Bonchev–Trinajstić information content (AvgIpc) is 2.74. The molecule has 5 nitrogen and oxygen atoms in total. The minimum absolute atomic E-state index is 0.223. The van der Waals surface area contributed by atoms with Gasteiger partial charge in [0.05, 0.1) is 6.54 Å². The van der Waals surface area contributed by atoms with Gasteiger partial charge in [-0.2, -0.15) is 0 Å². The number of benzene rings is 2. The lowest BCUT2D eigenvalue weighted by Crippen LogP contribution is -2.51. The first kappa shape index (κ1) is 20.5. The number of carbonyl (C=O) groups is 1. The second-order valence-corrected chi connectivity index (χ2v) is 7.44. The molecule has 2 N–H and O–H groups in total. The number of nitrogens with zero attached hydrogens (tertiary/aromatic N) is 3. The van der Waals surface area contributed by atoms with Crippen LogP contribution in [0.2, 0.25) is 0 Å². The van der Waals surface area contributed by atoms with Crippen molar-refractivity contribution in [2.24, 2.45) is 5.73 Å². The van der Waals surface area contributed by atoms with Crippen LogP contribution < -0.4 is 5.73 Å². The van der Waals surface area contributed by atoms with Crippen molar-refractivity contribution in [1.29, 1.82) is 0 Å². The Morgan fingerprint density at radius 2 is 1.46 bits per heavy atom. The van der Waals surface area contributed by atoms with Gasteiger partial charge in [0.2, 0.25) is 5.91 Å². The molecule has 2 aromatic rings. The second kappa shape index (κ2) is 11.0. The molecular weight excluding hydrogens is 348 g/mol. The molecule has 1 saturated heterocycles. The molecule has 1 amide bonds. The molecule has 0 aliphatic carbocycles. The van der Waals surface area contributed by atoms with Gasteiger partial charge in [-0.25, -0.2) is 0 Å². The lowest BCUT2D eigenvalue weighted by Gasteiger charge is -2.36. The van der Waals surface area contributed by atoms with E-state index in [4.69, 9.17) is 5.73 Å². The van der Waals surface area contributed by atoms with Crippen molar-refractivity contribution in [2.45, 2.75) is 13.0 Å². The fourth-order valence-electron chi connectivity index (χ4n) is 3.67. The quantitative estimate of drug-likeness (QED) is 0.721. The summed E-state index contributed by atoms with van der Waals surface area (Å²) in [6, 6.07) is 20.9. The van der Waals surface area contributed by atoms with Crippen molar-refractivity contribution in [3.8, 4) is 0 Å². The highest BCUT2D eigenvalue weighted by molar-refractivity contribution is 5.78. The van der Waals surface area contributed by atoms with Crippen LogP contribution >= 0.6 is 0 Å². The predicted molar refractivity (Wildman–Crippen MR) is 114 cm³/mol. The lowest BCUT2D eigenvalue weighted by molar-refractivity contribution is -0.134. The van der Waals surface area contributed by atoms with Gasteiger partial charge in [0.15, 0.2) is 0 Å². The normalized spacial score (nSPS) is 15.1. The molecule has 2 aromatic carbocycles. The van der Waals surface area contributed by atoms with Crippen molar-refractivity contribution in [1.82, 2.24) is 14.7 Å². The molecule has 0 unspecified atom stereocenters. The molecule has 5 heteroatoms. The first-order valence-electron chi connectivity index (χ1n) is 10.2. The van der Waals surface area contributed by atoms with Crippen molar-refractivity contribution < 1.29 is 4.79 Å². The third kappa shape index (κ3) is 6.44. The summed E-state index contributed by atoms with van der Waals surface area (Å²) in [6.07, 6.45) is 0.943. The fourth-order valence-corrected chi connectivity index (χ4v) is 3.67. The maximum absolute atomic E-state index is 12.8. The average molecular weight is 381 g/mol. The SMILES string of the molecule is NCCN(CCc1ccccc1)CC(=O)N1CCN(Cc2ccccc2)CC1. The monoisotopic (exact) mass is 380 g/mol. The highest BCUT2D eigenvalue weighted by Crippen LogP contribution is 2.09. The van der Waals surface area contributed by atoms with Crippen LogP contribution in [-0.2, 0) is 17.8 Å². The van der Waals surface area contributed by atoms with Crippen molar-refractivity contribution in [2.75, 3.05) is 52.4 Å². The first-order valence-corrected chi connectivity index (χ1v) is 10.2. The van der Waals surface area contributed by atoms with E-state index < -0.39 is 0 Å². The van der Waals surface area contributed by atoms with Crippen LogP contribution in [0.15, 0.2) is 60.7 Å². The molecule has 0 radical (unpaired) electrons. The van der Waals surface area contributed by atoms with E-state index in [9.17, 15) is 4.79 Å². The Bertz CT molecular complexity index is 699. The summed E-state index contributed by atoms with van der Waals surface area (Å²) in [6.45, 7) is 7.09. The van der Waals surface area contributed by atoms with Gasteiger partial charge >= 0.3 is 0 Å². The zero-order chi connectivity index (χ0) is 19.6. The second-order valence-electron chi connectivity index (χ2n) is 7.44. The molecule has 1 aliphatic heterocycles. The summed E-state index contributed by atoms with van der Waals surface area (Å²) in [5.41, 5.74) is 8.40. The van der Waals surface area contributed by atoms with Gasteiger partial charge in [0, 0.05) is 52.4 Å². The molecule has 0 bridgehead atoms. The Balaban J connectivity index is 1.43. The van der Waals surface area contributed by atoms with E-state index in [1.165, 1.54) is 11.1 Å². The van der Waals surface area contributed by atoms with Gasteiger partial charge in [-0.15, -0.1) is 0 Å². The van der Waals surface area contributed by atoms with Gasteiger partial charge in [0.25, 0.3) is 0 Å². The summed E-state index contributed by atoms with van der Waals surface area (Å²) in [5, 5.41) is 0. The molecule has 150 valence electrons. The summed E-state index contributed by atoms with van der Waals surface area (Å²) in [4.78, 5) is 19.4. The van der Waals surface area contributed by atoms with Crippen LogP contribution in [0.25, 0.3) is 0 Å². The Morgan fingerprint density at radius 1 is 0.857 bits per heavy atom. The van der Waals surface area contributed by atoms with E-state index in [0.717, 1.165) is 52.2 Å². The highest BCUT2D eigenvalue weighted by Gasteiger charge is 2.22. The van der Waals surface area contributed by atoms with Crippen LogP contribution in [0.1, 0.15) is 11.1 Å². The topological polar surface area (TPSA) is 52.8 Å². The van der Waals surface area contributed by atoms with E-state index in [2.05, 4.69) is 58.3 Å². The number of piperazine rings is 1. The minimum atomic E-state index is 0.223. The van der Waals surface area contributed by atoms with Crippen LogP contribution in [0.3, 0.4) is 0 Å². The number of nitrogens with two attached hydrogens (primary N) is 1. The van der Waals surface area contributed by atoms with Gasteiger partial charge in [-0.05, 0) is 17.5 Å². The number of amides is 1. The molecule has 1 fully saturated rings. The van der Waals surface area contributed by atoms with Gasteiger partial charge in [-0.1, -0.05) is 60.7 Å². The largest absolute Gasteiger partial charge is 0.339 e. The smallest absolute Gasteiger partial charge is 0.236 e. The van der Waals surface area contributed by atoms with Gasteiger partial charge in [-0.3, -0.25) is 14.6 Å². The molecule has 0 saturated carbocycles. The van der Waals surface area contributed by atoms with E-state index in [1.807, 2.05) is 17.0 Å². The summed E-state index contributed by atoms with van der Waals surface area (Å²) in [5.74, 6) is 0.223. The molecule has 1 aliphatic rings. The zero-order valence-corrected chi connectivity index (χ0v) is 16.7. The molecule has 28 heavy (non-hydrogen) atoms.